The Labute approximate surface area is 158 Å². The van der Waals surface area contributed by atoms with Gasteiger partial charge in [0, 0.05) is 50.4 Å². The summed E-state index contributed by atoms with van der Waals surface area (Å²) in [5.41, 5.74) is 0.934. The second-order valence-electron chi connectivity index (χ2n) is 7.38. The number of aromatic nitrogens is 1. The maximum Gasteiger partial charge on any atom is 0.407 e. The molecule has 146 valence electrons. The molecule has 0 radical (unpaired) electrons. The SMILES string of the molecule is COC(=O)NCC(=O)N1CCC[C@@]2(CCC(=O)N(Cc3cccnc3)C2)C1. The van der Waals surface area contributed by atoms with Crippen LogP contribution in [-0.2, 0) is 20.9 Å². The van der Waals surface area contributed by atoms with Crippen LogP contribution >= 0.6 is 0 Å². The second kappa shape index (κ2) is 8.37. The van der Waals surface area contributed by atoms with Crippen LogP contribution < -0.4 is 5.32 Å². The predicted molar refractivity (Wildman–Crippen MR) is 97.5 cm³/mol. The van der Waals surface area contributed by atoms with Gasteiger partial charge in [0.1, 0.15) is 6.54 Å². The van der Waals surface area contributed by atoms with Gasteiger partial charge in [0.2, 0.25) is 11.8 Å². The minimum Gasteiger partial charge on any atom is -0.453 e. The van der Waals surface area contributed by atoms with Gasteiger partial charge in [-0.2, -0.15) is 0 Å². The summed E-state index contributed by atoms with van der Waals surface area (Å²) in [6, 6.07) is 3.84. The van der Waals surface area contributed by atoms with Crippen molar-refractivity contribution in [1.82, 2.24) is 20.1 Å². The summed E-state index contributed by atoms with van der Waals surface area (Å²) in [6.45, 7) is 2.42. The fraction of sp³-hybridized carbons (Fsp3) is 0.579. The molecule has 0 bridgehead atoms. The zero-order chi connectivity index (χ0) is 19.3. The molecule has 3 heterocycles. The highest BCUT2D eigenvalue weighted by atomic mass is 16.5. The minimum atomic E-state index is -0.610. The Bertz CT molecular complexity index is 696. The molecule has 2 aliphatic heterocycles. The van der Waals surface area contributed by atoms with Crippen LogP contribution in [0.1, 0.15) is 31.2 Å². The van der Waals surface area contributed by atoms with Crippen LogP contribution in [0.4, 0.5) is 4.79 Å². The largest absolute Gasteiger partial charge is 0.453 e. The molecule has 3 rings (SSSR count). The van der Waals surface area contributed by atoms with Gasteiger partial charge in [-0.05, 0) is 30.9 Å². The number of hydrogen-bond donors (Lipinski definition) is 1. The molecule has 8 heteroatoms. The highest BCUT2D eigenvalue weighted by Crippen LogP contribution is 2.39. The zero-order valence-corrected chi connectivity index (χ0v) is 15.6. The Morgan fingerprint density at radius 1 is 1.33 bits per heavy atom. The molecule has 27 heavy (non-hydrogen) atoms. The maximum atomic E-state index is 12.4. The van der Waals surface area contributed by atoms with E-state index in [0.29, 0.717) is 32.6 Å². The number of nitrogens with zero attached hydrogens (tertiary/aromatic N) is 3. The van der Waals surface area contributed by atoms with Gasteiger partial charge in [0.15, 0.2) is 0 Å². The summed E-state index contributed by atoms with van der Waals surface area (Å²) in [5, 5.41) is 2.45. The molecule has 0 aliphatic carbocycles. The van der Waals surface area contributed by atoms with Crippen LogP contribution in [0.15, 0.2) is 24.5 Å². The number of amides is 3. The van der Waals surface area contributed by atoms with E-state index in [1.165, 1.54) is 7.11 Å². The monoisotopic (exact) mass is 374 g/mol. The second-order valence-corrected chi connectivity index (χ2v) is 7.38. The molecule has 3 amide bonds. The molecule has 2 saturated heterocycles. The number of likely N-dealkylation sites (tertiary alicyclic amines) is 2. The highest BCUT2D eigenvalue weighted by molar-refractivity contribution is 5.82. The van der Waals surface area contributed by atoms with Crippen LogP contribution in [0.25, 0.3) is 0 Å². The lowest BCUT2D eigenvalue weighted by molar-refractivity contribution is -0.143. The van der Waals surface area contributed by atoms with Gasteiger partial charge in [0.25, 0.3) is 0 Å². The van der Waals surface area contributed by atoms with Crippen LogP contribution in [-0.4, -0.2) is 66.0 Å². The Kier molecular flexibility index (Phi) is 5.93. The zero-order valence-electron chi connectivity index (χ0n) is 15.6. The topological polar surface area (TPSA) is 91.8 Å². The number of carbonyl (C=O) groups excluding carboxylic acids is 3. The number of pyridine rings is 1. The van der Waals surface area contributed by atoms with E-state index >= 15 is 0 Å². The van der Waals surface area contributed by atoms with E-state index in [2.05, 4.69) is 15.0 Å². The van der Waals surface area contributed by atoms with Crippen LogP contribution in [0.5, 0.6) is 0 Å². The number of alkyl carbamates (subject to hydrolysis) is 1. The minimum absolute atomic E-state index is 0.0684. The Morgan fingerprint density at radius 3 is 2.93 bits per heavy atom. The van der Waals surface area contributed by atoms with E-state index in [1.807, 2.05) is 17.0 Å². The van der Waals surface area contributed by atoms with E-state index in [-0.39, 0.29) is 23.8 Å². The van der Waals surface area contributed by atoms with E-state index in [4.69, 9.17) is 0 Å². The lowest BCUT2D eigenvalue weighted by Gasteiger charge is -2.48. The smallest absolute Gasteiger partial charge is 0.407 e. The van der Waals surface area contributed by atoms with Gasteiger partial charge < -0.3 is 19.9 Å². The number of rotatable bonds is 4. The number of piperidine rings is 2. The lowest BCUT2D eigenvalue weighted by atomic mass is 9.73. The van der Waals surface area contributed by atoms with Gasteiger partial charge in [-0.3, -0.25) is 14.6 Å². The van der Waals surface area contributed by atoms with Crippen molar-refractivity contribution < 1.29 is 19.1 Å². The van der Waals surface area contributed by atoms with E-state index < -0.39 is 6.09 Å². The van der Waals surface area contributed by atoms with Crippen LogP contribution in [0, 0.1) is 5.41 Å². The average molecular weight is 374 g/mol. The molecule has 1 aromatic rings. The number of ether oxygens (including phenoxy) is 1. The summed E-state index contributed by atoms with van der Waals surface area (Å²) in [6.07, 6.45) is 6.09. The van der Waals surface area contributed by atoms with Crippen molar-refractivity contribution in [2.45, 2.75) is 32.2 Å². The van der Waals surface area contributed by atoms with E-state index in [0.717, 1.165) is 24.8 Å². The first kappa shape index (κ1) is 19.1. The summed E-state index contributed by atoms with van der Waals surface area (Å²) < 4.78 is 4.51. The van der Waals surface area contributed by atoms with Crippen LogP contribution in [0.3, 0.4) is 0 Å². The molecule has 1 N–H and O–H groups in total. The summed E-state index contributed by atoms with van der Waals surface area (Å²) in [4.78, 5) is 43.9. The van der Waals surface area contributed by atoms with Crippen molar-refractivity contribution in [3.05, 3.63) is 30.1 Å². The molecular formula is C19H26N4O4. The third kappa shape index (κ3) is 4.75. The first-order chi connectivity index (χ1) is 13.0. The standard InChI is InChI=1S/C19H26N4O4/c1-27-18(26)21-11-17(25)22-9-3-6-19(13-22)7-5-16(24)23(14-19)12-15-4-2-8-20-10-15/h2,4,8,10H,3,5-7,9,11-14H2,1H3,(H,21,26)/t19-/m1/s1. The first-order valence-electron chi connectivity index (χ1n) is 9.28. The quantitative estimate of drug-likeness (QED) is 0.854. The molecule has 0 aromatic carbocycles. The molecule has 8 nitrogen and oxygen atoms in total. The molecule has 1 atom stereocenters. The predicted octanol–water partition coefficient (Wildman–Crippen LogP) is 1.17. The van der Waals surface area contributed by atoms with Crippen molar-refractivity contribution >= 4 is 17.9 Å². The Balaban J connectivity index is 1.63. The summed E-state index contributed by atoms with van der Waals surface area (Å²) in [7, 11) is 1.27. The normalized spacial score (nSPS) is 22.6. The molecule has 1 spiro atoms. The molecule has 1 aromatic heterocycles. The number of methoxy groups -OCH3 is 1. The molecule has 0 unspecified atom stereocenters. The molecule has 0 saturated carbocycles. The third-order valence-corrected chi connectivity index (χ3v) is 5.43. The van der Waals surface area contributed by atoms with Crippen molar-refractivity contribution in [1.29, 1.82) is 0 Å². The maximum absolute atomic E-state index is 12.4. The summed E-state index contributed by atoms with van der Waals surface area (Å²) in [5.74, 6) is 0.0375. The van der Waals surface area contributed by atoms with Crippen molar-refractivity contribution in [2.75, 3.05) is 33.3 Å². The highest BCUT2D eigenvalue weighted by Gasteiger charge is 2.42. The van der Waals surface area contributed by atoms with Crippen molar-refractivity contribution in [3.63, 3.8) is 0 Å². The fourth-order valence-electron chi connectivity index (χ4n) is 4.04. The van der Waals surface area contributed by atoms with Gasteiger partial charge in [-0.15, -0.1) is 0 Å². The Hall–Kier alpha value is -2.64. The van der Waals surface area contributed by atoms with E-state index in [1.54, 1.807) is 17.3 Å². The Morgan fingerprint density at radius 2 is 2.19 bits per heavy atom. The van der Waals surface area contributed by atoms with Crippen LogP contribution in [0.2, 0.25) is 0 Å². The average Bonchev–Trinajstić information content (AvgIpc) is 2.69. The van der Waals surface area contributed by atoms with Gasteiger partial charge in [-0.25, -0.2) is 4.79 Å². The lowest BCUT2D eigenvalue weighted by Crippen LogP contribution is -2.55. The third-order valence-electron chi connectivity index (χ3n) is 5.43. The van der Waals surface area contributed by atoms with Crippen molar-refractivity contribution in [3.8, 4) is 0 Å². The summed E-state index contributed by atoms with van der Waals surface area (Å²) >= 11 is 0. The van der Waals surface area contributed by atoms with Crippen molar-refractivity contribution in [2.24, 2.45) is 5.41 Å². The van der Waals surface area contributed by atoms with Gasteiger partial charge >= 0.3 is 6.09 Å². The fourth-order valence-corrected chi connectivity index (χ4v) is 4.04. The van der Waals surface area contributed by atoms with E-state index in [9.17, 15) is 14.4 Å². The number of nitrogens with one attached hydrogen (secondary N) is 1. The number of carbonyl (C=O) groups is 3. The van der Waals surface area contributed by atoms with Gasteiger partial charge in [-0.1, -0.05) is 6.07 Å². The van der Waals surface area contributed by atoms with Gasteiger partial charge in [0.05, 0.1) is 7.11 Å². The number of hydrogen-bond acceptors (Lipinski definition) is 5. The first-order valence-corrected chi connectivity index (χ1v) is 9.28. The molecule has 2 aliphatic rings. The molecular weight excluding hydrogens is 348 g/mol. The molecule has 2 fully saturated rings.